The fourth-order valence-electron chi connectivity index (χ4n) is 1.60. The van der Waals surface area contributed by atoms with Crippen molar-refractivity contribution < 1.29 is 4.39 Å². The Kier molecular flexibility index (Phi) is 5.38. The van der Waals surface area contributed by atoms with Gasteiger partial charge in [-0.2, -0.15) is 0 Å². The molecule has 0 aliphatic carbocycles. The van der Waals surface area contributed by atoms with E-state index in [1.807, 2.05) is 0 Å². The fraction of sp³-hybridized carbons (Fsp3) is 0.500. The van der Waals surface area contributed by atoms with Crippen molar-refractivity contribution in [1.82, 2.24) is 5.43 Å². The maximum atomic E-state index is 13.1. The molecule has 16 heavy (non-hydrogen) atoms. The monoisotopic (exact) mass is 288 g/mol. The molecule has 0 bridgehead atoms. The van der Waals surface area contributed by atoms with Gasteiger partial charge in [0.2, 0.25) is 0 Å². The summed E-state index contributed by atoms with van der Waals surface area (Å²) in [5.41, 5.74) is 3.80. The molecule has 1 aromatic carbocycles. The summed E-state index contributed by atoms with van der Waals surface area (Å²) in [6, 6.07) is 5.09. The zero-order valence-electron chi connectivity index (χ0n) is 9.63. The standard InChI is InChI=1S/C12H18BrFN2/c1-3-8(2)6-12(16-15)9-4-5-11(14)10(13)7-9/h4-5,7-8,12,16H,3,6,15H2,1-2H3. The Morgan fingerprint density at radius 1 is 1.50 bits per heavy atom. The van der Waals surface area contributed by atoms with Crippen LogP contribution in [0.1, 0.15) is 38.3 Å². The molecule has 2 unspecified atom stereocenters. The molecule has 0 heterocycles. The largest absolute Gasteiger partial charge is 0.271 e. The minimum atomic E-state index is -0.247. The number of hydrogen-bond donors (Lipinski definition) is 2. The van der Waals surface area contributed by atoms with Crippen molar-refractivity contribution >= 4 is 15.9 Å². The number of rotatable bonds is 5. The van der Waals surface area contributed by atoms with Gasteiger partial charge in [0.1, 0.15) is 5.82 Å². The van der Waals surface area contributed by atoms with Crippen LogP contribution >= 0.6 is 15.9 Å². The van der Waals surface area contributed by atoms with Crippen LogP contribution in [-0.2, 0) is 0 Å². The van der Waals surface area contributed by atoms with Gasteiger partial charge in [-0.25, -0.2) is 4.39 Å². The molecule has 0 spiro atoms. The lowest BCUT2D eigenvalue weighted by molar-refractivity contribution is 0.407. The zero-order valence-corrected chi connectivity index (χ0v) is 11.2. The first-order chi connectivity index (χ1) is 7.58. The highest BCUT2D eigenvalue weighted by atomic mass is 79.9. The first kappa shape index (κ1) is 13.6. The Labute approximate surface area is 105 Å². The van der Waals surface area contributed by atoms with E-state index < -0.39 is 0 Å². The van der Waals surface area contributed by atoms with Crippen LogP contribution in [-0.4, -0.2) is 0 Å². The average molecular weight is 289 g/mol. The van der Waals surface area contributed by atoms with Crippen LogP contribution < -0.4 is 11.3 Å². The van der Waals surface area contributed by atoms with Crippen LogP contribution in [0.2, 0.25) is 0 Å². The van der Waals surface area contributed by atoms with Gasteiger partial charge in [-0.15, -0.1) is 0 Å². The van der Waals surface area contributed by atoms with Gasteiger partial charge in [0.15, 0.2) is 0 Å². The van der Waals surface area contributed by atoms with Gasteiger partial charge in [-0.05, 0) is 46.0 Å². The van der Waals surface area contributed by atoms with Crippen molar-refractivity contribution in [3.8, 4) is 0 Å². The Bertz CT molecular complexity index is 344. The summed E-state index contributed by atoms with van der Waals surface area (Å²) >= 11 is 3.18. The molecule has 2 nitrogen and oxygen atoms in total. The predicted molar refractivity (Wildman–Crippen MR) is 68.2 cm³/mol. The molecule has 0 aromatic heterocycles. The highest BCUT2D eigenvalue weighted by Gasteiger charge is 2.14. The quantitative estimate of drug-likeness (QED) is 0.643. The van der Waals surface area contributed by atoms with Crippen molar-refractivity contribution in [2.75, 3.05) is 0 Å². The van der Waals surface area contributed by atoms with E-state index in [4.69, 9.17) is 5.84 Å². The zero-order chi connectivity index (χ0) is 12.1. The maximum Gasteiger partial charge on any atom is 0.137 e. The second-order valence-corrected chi connectivity index (χ2v) is 5.00. The van der Waals surface area contributed by atoms with Crippen LogP contribution in [0, 0.1) is 11.7 Å². The van der Waals surface area contributed by atoms with Crippen LogP contribution in [0.15, 0.2) is 22.7 Å². The minimum Gasteiger partial charge on any atom is -0.271 e. The number of halogens is 2. The summed E-state index contributed by atoms with van der Waals surface area (Å²) in [4.78, 5) is 0. The molecule has 2 atom stereocenters. The van der Waals surface area contributed by atoms with Gasteiger partial charge in [-0.1, -0.05) is 26.3 Å². The summed E-state index contributed by atoms with van der Waals surface area (Å²) < 4.78 is 13.6. The van der Waals surface area contributed by atoms with E-state index in [-0.39, 0.29) is 11.9 Å². The number of hydrogen-bond acceptors (Lipinski definition) is 2. The summed E-state index contributed by atoms with van der Waals surface area (Å²) in [6.45, 7) is 4.34. The highest BCUT2D eigenvalue weighted by molar-refractivity contribution is 9.10. The van der Waals surface area contributed by atoms with E-state index >= 15 is 0 Å². The van der Waals surface area contributed by atoms with Gasteiger partial charge in [0.25, 0.3) is 0 Å². The third kappa shape index (κ3) is 3.54. The molecule has 3 N–H and O–H groups in total. The smallest absolute Gasteiger partial charge is 0.137 e. The number of nitrogens with two attached hydrogens (primary N) is 1. The molecule has 0 amide bonds. The molecule has 0 fully saturated rings. The van der Waals surface area contributed by atoms with Crippen molar-refractivity contribution in [3.63, 3.8) is 0 Å². The fourth-order valence-corrected chi connectivity index (χ4v) is 2.00. The SMILES string of the molecule is CCC(C)CC(NN)c1ccc(F)c(Br)c1. The third-order valence-corrected chi connectivity index (χ3v) is 3.49. The second-order valence-electron chi connectivity index (χ2n) is 4.14. The van der Waals surface area contributed by atoms with Crippen LogP contribution in [0.3, 0.4) is 0 Å². The number of nitrogens with one attached hydrogen (secondary N) is 1. The molecular formula is C12H18BrFN2. The summed E-state index contributed by atoms with van der Waals surface area (Å²) in [5.74, 6) is 5.88. The Balaban J connectivity index is 2.82. The van der Waals surface area contributed by atoms with Gasteiger partial charge in [0.05, 0.1) is 4.47 Å². The van der Waals surface area contributed by atoms with E-state index in [0.29, 0.717) is 10.4 Å². The topological polar surface area (TPSA) is 38.0 Å². The molecule has 0 aliphatic heterocycles. The first-order valence-electron chi connectivity index (χ1n) is 5.49. The van der Waals surface area contributed by atoms with E-state index in [9.17, 15) is 4.39 Å². The first-order valence-corrected chi connectivity index (χ1v) is 6.28. The normalized spacial score (nSPS) is 14.8. The Morgan fingerprint density at radius 3 is 2.69 bits per heavy atom. The summed E-state index contributed by atoms with van der Waals surface area (Å²) in [6.07, 6.45) is 2.06. The molecular weight excluding hydrogens is 271 g/mol. The van der Waals surface area contributed by atoms with Crippen LogP contribution in [0.5, 0.6) is 0 Å². The van der Waals surface area contributed by atoms with E-state index in [1.165, 1.54) is 6.07 Å². The lowest BCUT2D eigenvalue weighted by atomic mass is 9.95. The average Bonchev–Trinajstić information content (AvgIpc) is 2.29. The molecule has 1 rings (SSSR count). The second kappa shape index (κ2) is 6.33. The predicted octanol–water partition coefficient (Wildman–Crippen LogP) is 3.53. The minimum absolute atomic E-state index is 0.0758. The molecule has 4 heteroatoms. The van der Waals surface area contributed by atoms with Gasteiger partial charge < -0.3 is 0 Å². The Hall–Kier alpha value is -0.450. The number of hydrazine groups is 1. The molecule has 0 aliphatic rings. The molecule has 0 radical (unpaired) electrons. The molecule has 0 saturated carbocycles. The van der Waals surface area contributed by atoms with Crippen LogP contribution in [0.4, 0.5) is 4.39 Å². The van der Waals surface area contributed by atoms with Gasteiger partial charge in [-0.3, -0.25) is 11.3 Å². The van der Waals surface area contributed by atoms with Crippen molar-refractivity contribution in [1.29, 1.82) is 0 Å². The van der Waals surface area contributed by atoms with Gasteiger partial charge >= 0.3 is 0 Å². The third-order valence-electron chi connectivity index (χ3n) is 2.88. The molecule has 1 aromatic rings. The number of benzene rings is 1. The van der Waals surface area contributed by atoms with Crippen LogP contribution in [0.25, 0.3) is 0 Å². The highest BCUT2D eigenvalue weighted by Crippen LogP contribution is 2.26. The van der Waals surface area contributed by atoms with E-state index in [0.717, 1.165) is 18.4 Å². The lowest BCUT2D eigenvalue weighted by Gasteiger charge is -2.20. The lowest BCUT2D eigenvalue weighted by Crippen LogP contribution is -2.29. The molecule has 0 saturated heterocycles. The summed E-state index contributed by atoms with van der Waals surface area (Å²) in [5, 5.41) is 0. The Morgan fingerprint density at radius 2 is 2.19 bits per heavy atom. The van der Waals surface area contributed by atoms with Crippen molar-refractivity contribution in [3.05, 3.63) is 34.1 Å². The van der Waals surface area contributed by atoms with Gasteiger partial charge in [0, 0.05) is 6.04 Å². The van der Waals surface area contributed by atoms with Crippen molar-refractivity contribution in [2.24, 2.45) is 11.8 Å². The molecule has 90 valence electrons. The summed E-state index contributed by atoms with van der Waals surface area (Å²) in [7, 11) is 0. The maximum absolute atomic E-state index is 13.1. The van der Waals surface area contributed by atoms with E-state index in [2.05, 4.69) is 35.2 Å². The van der Waals surface area contributed by atoms with Crippen molar-refractivity contribution in [2.45, 2.75) is 32.7 Å². The van der Waals surface area contributed by atoms with E-state index in [1.54, 1.807) is 12.1 Å².